The van der Waals surface area contributed by atoms with E-state index < -0.39 is 0 Å². The van der Waals surface area contributed by atoms with Crippen LogP contribution in [-0.4, -0.2) is 16.5 Å². The monoisotopic (exact) mass is 180 g/mol. The Labute approximate surface area is 73.3 Å². The minimum Gasteiger partial charge on any atom is -0.298 e. The highest BCUT2D eigenvalue weighted by Gasteiger charge is 2.06. The average molecular weight is 181 g/mol. The number of rotatable bonds is 1. The third-order valence-corrected chi connectivity index (χ3v) is 1.97. The third kappa shape index (κ3) is 0.905. The molecule has 2 rings (SSSR count). The number of nitrogens with zero attached hydrogens (tertiary/aromatic N) is 1. The van der Waals surface area contributed by atoms with E-state index in [1.165, 1.54) is 0 Å². The van der Waals surface area contributed by atoms with Gasteiger partial charge in [0.25, 0.3) is 0 Å². The van der Waals surface area contributed by atoms with Gasteiger partial charge in [0.1, 0.15) is 5.15 Å². The van der Waals surface area contributed by atoms with Crippen LogP contribution in [0.15, 0.2) is 18.2 Å². The molecule has 0 radical (unpaired) electrons. The Balaban J connectivity index is 2.93. The number of nitrogens with one attached hydrogen (secondary N) is 1. The Bertz CT molecular complexity index is 436. The van der Waals surface area contributed by atoms with Gasteiger partial charge in [-0.05, 0) is 6.07 Å². The summed E-state index contributed by atoms with van der Waals surface area (Å²) in [6.07, 6.45) is 0.768. The lowest BCUT2D eigenvalue weighted by molar-refractivity contribution is 0.112. The van der Waals surface area contributed by atoms with Crippen molar-refractivity contribution in [1.82, 2.24) is 10.2 Å². The van der Waals surface area contributed by atoms with Gasteiger partial charge in [0.05, 0.1) is 5.52 Å². The third-order valence-electron chi connectivity index (χ3n) is 1.70. The number of H-pyrrole nitrogens is 1. The summed E-state index contributed by atoms with van der Waals surface area (Å²) in [5.41, 5.74) is 1.27. The lowest BCUT2D eigenvalue weighted by atomic mass is 10.1. The highest BCUT2D eigenvalue weighted by molar-refractivity contribution is 6.35. The molecule has 1 aromatic heterocycles. The van der Waals surface area contributed by atoms with Crippen molar-refractivity contribution in [3.63, 3.8) is 0 Å². The van der Waals surface area contributed by atoms with Gasteiger partial charge in [0.15, 0.2) is 6.29 Å². The van der Waals surface area contributed by atoms with E-state index in [0.29, 0.717) is 21.6 Å². The maximum absolute atomic E-state index is 10.6. The fourth-order valence-corrected chi connectivity index (χ4v) is 1.40. The number of aromatic amines is 1. The molecule has 12 heavy (non-hydrogen) atoms. The molecule has 0 atom stereocenters. The van der Waals surface area contributed by atoms with Crippen molar-refractivity contribution in [3.05, 3.63) is 28.9 Å². The molecule has 1 aromatic carbocycles. The first-order valence-electron chi connectivity index (χ1n) is 3.40. The number of carbonyl (C=O) groups excluding carboxylic acids is 1. The summed E-state index contributed by atoms with van der Waals surface area (Å²) in [7, 11) is 0. The van der Waals surface area contributed by atoms with Crippen molar-refractivity contribution in [2.24, 2.45) is 0 Å². The standard InChI is InChI=1S/C8H5ClN2O/c9-8-7-5(4-12)2-1-3-6(7)10-11-8/h1-4H,(H,10,11). The first-order chi connectivity index (χ1) is 5.83. The van der Waals surface area contributed by atoms with Crippen LogP contribution in [0, 0.1) is 0 Å². The summed E-state index contributed by atoms with van der Waals surface area (Å²) in [6.45, 7) is 0. The normalized spacial score (nSPS) is 10.4. The molecule has 0 aliphatic carbocycles. The first kappa shape index (κ1) is 7.31. The molecule has 0 unspecified atom stereocenters. The summed E-state index contributed by atoms with van der Waals surface area (Å²) in [5, 5.41) is 7.62. The highest BCUT2D eigenvalue weighted by Crippen LogP contribution is 2.22. The molecule has 60 valence electrons. The van der Waals surface area contributed by atoms with Crippen LogP contribution in [0.2, 0.25) is 5.15 Å². The van der Waals surface area contributed by atoms with Crippen LogP contribution in [0.4, 0.5) is 0 Å². The number of carbonyl (C=O) groups is 1. The van der Waals surface area contributed by atoms with Crippen molar-refractivity contribution in [2.75, 3.05) is 0 Å². The van der Waals surface area contributed by atoms with E-state index in [2.05, 4.69) is 10.2 Å². The van der Waals surface area contributed by atoms with E-state index in [0.717, 1.165) is 6.29 Å². The van der Waals surface area contributed by atoms with Crippen LogP contribution >= 0.6 is 11.6 Å². The molecule has 1 heterocycles. The van der Waals surface area contributed by atoms with Crippen LogP contribution in [0.5, 0.6) is 0 Å². The largest absolute Gasteiger partial charge is 0.298 e. The predicted octanol–water partition coefficient (Wildman–Crippen LogP) is 2.03. The van der Waals surface area contributed by atoms with Crippen molar-refractivity contribution in [2.45, 2.75) is 0 Å². The molecular formula is C8H5ClN2O. The molecule has 1 N–H and O–H groups in total. The number of hydrogen-bond donors (Lipinski definition) is 1. The number of hydrogen-bond acceptors (Lipinski definition) is 2. The van der Waals surface area contributed by atoms with Crippen molar-refractivity contribution in [1.29, 1.82) is 0 Å². The van der Waals surface area contributed by atoms with Gasteiger partial charge in [-0.2, -0.15) is 5.10 Å². The number of benzene rings is 1. The average Bonchev–Trinajstić information content (AvgIpc) is 2.48. The second kappa shape index (κ2) is 2.60. The van der Waals surface area contributed by atoms with Crippen molar-refractivity contribution in [3.8, 4) is 0 Å². The summed E-state index contributed by atoms with van der Waals surface area (Å²) >= 11 is 5.78. The van der Waals surface area contributed by atoms with E-state index in [9.17, 15) is 4.79 Å². The quantitative estimate of drug-likeness (QED) is 0.683. The zero-order valence-electron chi connectivity index (χ0n) is 6.04. The first-order valence-corrected chi connectivity index (χ1v) is 3.78. The van der Waals surface area contributed by atoms with Gasteiger partial charge >= 0.3 is 0 Å². The van der Waals surface area contributed by atoms with Crippen LogP contribution in [0.3, 0.4) is 0 Å². The maximum atomic E-state index is 10.6. The number of halogens is 1. The van der Waals surface area contributed by atoms with E-state index in [1.807, 2.05) is 0 Å². The lowest BCUT2D eigenvalue weighted by Gasteiger charge is -1.91. The van der Waals surface area contributed by atoms with Gasteiger partial charge in [-0.1, -0.05) is 23.7 Å². The Morgan fingerprint density at radius 2 is 2.33 bits per heavy atom. The van der Waals surface area contributed by atoms with Crippen LogP contribution in [0.1, 0.15) is 10.4 Å². The second-order valence-corrected chi connectivity index (χ2v) is 2.77. The smallest absolute Gasteiger partial charge is 0.150 e. The molecule has 0 bridgehead atoms. The summed E-state index contributed by atoms with van der Waals surface area (Å²) in [4.78, 5) is 10.6. The Hall–Kier alpha value is -1.35. The fraction of sp³-hybridized carbons (Fsp3) is 0. The molecule has 0 saturated carbocycles. The number of aldehydes is 1. The molecule has 0 spiro atoms. The highest BCUT2D eigenvalue weighted by atomic mass is 35.5. The zero-order valence-corrected chi connectivity index (χ0v) is 6.80. The van der Waals surface area contributed by atoms with Crippen molar-refractivity contribution < 1.29 is 4.79 Å². The molecule has 2 aromatic rings. The molecule has 0 aliphatic rings. The Kier molecular flexibility index (Phi) is 1.59. The molecular weight excluding hydrogens is 176 g/mol. The molecule has 0 aliphatic heterocycles. The van der Waals surface area contributed by atoms with Gasteiger partial charge in [0, 0.05) is 10.9 Å². The summed E-state index contributed by atoms with van der Waals surface area (Å²) < 4.78 is 0. The topological polar surface area (TPSA) is 45.8 Å². The Morgan fingerprint density at radius 3 is 3.08 bits per heavy atom. The molecule has 0 amide bonds. The number of fused-ring (bicyclic) bond motifs is 1. The molecule has 0 saturated heterocycles. The van der Waals surface area contributed by atoms with Crippen LogP contribution in [-0.2, 0) is 0 Å². The molecule has 3 nitrogen and oxygen atoms in total. The molecule has 0 fully saturated rings. The number of aromatic nitrogens is 2. The van der Waals surface area contributed by atoms with E-state index in [4.69, 9.17) is 11.6 Å². The summed E-state index contributed by atoms with van der Waals surface area (Å²) in [5.74, 6) is 0. The van der Waals surface area contributed by atoms with Gasteiger partial charge in [-0.15, -0.1) is 0 Å². The predicted molar refractivity (Wildman–Crippen MR) is 46.5 cm³/mol. The zero-order chi connectivity index (χ0) is 8.55. The molecule has 4 heteroatoms. The van der Waals surface area contributed by atoms with Gasteiger partial charge in [-0.25, -0.2) is 0 Å². The van der Waals surface area contributed by atoms with E-state index in [-0.39, 0.29) is 0 Å². The fourth-order valence-electron chi connectivity index (χ4n) is 1.15. The van der Waals surface area contributed by atoms with Gasteiger partial charge in [-0.3, -0.25) is 9.89 Å². The SMILES string of the molecule is O=Cc1cccc2n[nH]c(Cl)c12. The van der Waals surface area contributed by atoms with Crippen molar-refractivity contribution >= 4 is 28.8 Å². The maximum Gasteiger partial charge on any atom is 0.150 e. The van der Waals surface area contributed by atoms with Crippen LogP contribution in [0.25, 0.3) is 10.9 Å². The van der Waals surface area contributed by atoms with Gasteiger partial charge in [0.2, 0.25) is 0 Å². The minimum absolute atomic E-state index is 0.410. The van der Waals surface area contributed by atoms with E-state index in [1.54, 1.807) is 18.2 Å². The van der Waals surface area contributed by atoms with E-state index >= 15 is 0 Å². The minimum atomic E-state index is 0.410. The second-order valence-electron chi connectivity index (χ2n) is 2.40. The Morgan fingerprint density at radius 1 is 1.50 bits per heavy atom. The summed E-state index contributed by atoms with van der Waals surface area (Å²) in [6, 6.07) is 5.27. The van der Waals surface area contributed by atoms with Gasteiger partial charge < -0.3 is 0 Å². The van der Waals surface area contributed by atoms with Crippen LogP contribution < -0.4 is 0 Å². The lowest BCUT2D eigenvalue weighted by Crippen LogP contribution is -1.79.